The molecule has 0 aliphatic carbocycles. The fraction of sp³-hybridized carbons (Fsp3) is 0.429. The van der Waals surface area contributed by atoms with Gasteiger partial charge in [-0.3, -0.25) is 5.14 Å². The molecule has 0 saturated carbocycles. The van der Waals surface area contributed by atoms with Crippen LogP contribution in [0.4, 0.5) is 0 Å². The van der Waals surface area contributed by atoms with Gasteiger partial charge in [0.15, 0.2) is 0 Å². The van der Waals surface area contributed by atoms with Gasteiger partial charge in [-0.05, 0) is 23.9 Å². The molecule has 0 saturated heterocycles. The summed E-state index contributed by atoms with van der Waals surface area (Å²) >= 11 is 1.26. The van der Waals surface area contributed by atoms with Crippen molar-refractivity contribution in [3.63, 3.8) is 0 Å². The van der Waals surface area contributed by atoms with Crippen molar-refractivity contribution in [3.8, 4) is 0 Å². The van der Waals surface area contributed by atoms with Gasteiger partial charge in [0.1, 0.15) is 0 Å². The molecule has 0 spiro atoms. The lowest BCUT2D eigenvalue weighted by molar-refractivity contribution is 0.153. The van der Waals surface area contributed by atoms with Crippen LogP contribution in [-0.4, -0.2) is 13.2 Å². The minimum Gasteiger partial charge on any atom is -0.376 e. The average molecular weight is 157 g/mol. The summed E-state index contributed by atoms with van der Waals surface area (Å²) in [5.74, 6) is 0. The van der Waals surface area contributed by atoms with Crippen LogP contribution in [0.15, 0.2) is 23.1 Å². The number of nitrogens with two attached hydrogens (primary N) is 1. The molecule has 3 heteroatoms. The van der Waals surface area contributed by atoms with Crippen molar-refractivity contribution >= 4 is 11.9 Å². The zero-order chi connectivity index (χ0) is 7.40. The molecular formula is C7H11NOS. The molecule has 0 amide bonds. The molecule has 2 N–H and O–H groups in total. The van der Waals surface area contributed by atoms with Gasteiger partial charge in [0.25, 0.3) is 0 Å². The summed E-state index contributed by atoms with van der Waals surface area (Å²) in [6.07, 6.45) is 2.81. The molecule has 10 heavy (non-hydrogen) atoms. The van der Waals surface area contributed by atoms with Gasteiger partial charge in [-0.15, -0.1) is 0 Å². The summed E-state index contributed by atoms with van der Waals surface area (Å²) in [5, 5.41) is 5.40. The first-order valence-corrected chi connectivity index (χ1v) is 4.05. The van der Waals surface area contributed by atoms with E-state index in [9.17, 15) is 0 Å². The molecule has 2 nitrogen and oxygen atoms in total. The highest BCUT2D eigenvalue weighted by Crippen LogP contribution is 2.22. The van der Waals surface area contributed by atoms with E-state index in [4.69, 9.17) is 9.88 Å². The number of hydrogen-bond acceptors (Lipinski definition) is 3. The Bertz CT molecular complexity index is 165. The highest BCUT2D eigenvalue weighted by atomic mass is 32.2. The lowest BCUT2D eigenvalue weighted by atomic mass is 10.1. The Morgan fingerprint density at radius 3 is 3.00 bits per heavy atom. The number of allylic oxidation sites excluding steroid dienone is 1. The minimum absolute atomic E-state index is 0.655. The molecule has 0 radical (unpaired) electrons. The topological polar surface area (TPSA) is 35.2 Å². The molecule has 1 aliphatic rings. The van der Waals surface area contributed by atoms with Gasteiger partial charge in [-0.25, -0.2) is 0 Å². The van der Waals surface area contributed by atoms with Gasteiger partial charge in [-0.1, -0.05) is 12.7 Å². The van der Waals surface area contributed by atoms with Crippen molar-refractivity contribution in [3.05, 3.63) is 23.1 Å². The van der Waals surface area contributed by atoms with Crippen molar-refractivity contribution in [1.29, 1.82) is 0 Å². The Hall–Kier alpha value is -0.250. The van der Waals surface area contributed by atoms with Crippen molar-refractivity contribution in [2.45, 2.75) is 6.42 Å². The van der Waals surface area contributed by atoms with Crippen molar-refractivity contribution in [2.75, 3.05) is 13.2 Å². The Morgan fingerprint density at radius 1 is 1.70 bits per heavy atom. The van der Waals surface area contributed by atoms with E-state index in [2.05, 4.69) is 6.58 Å². The maximum absolute atomic E-state index is 5.40. The van der Waals surface area contributed by atoms with Gasteiger partial charge < -0.3 is 4.74 Å². The molecule has 0 bridgehead atoms. The van der Waals surface area contributed by atoms with Gasteiger partial charge >= 0.3 is 0 Å². The molecule has 0 aromatic heterocycles. The molecule has 0 fully saturated rings. The predicted molar refractivity (Wildman–Crippen MR) is 44.4 cm³/mol. The van der Waals surface area contributed by atoms with E-state index < -0.39 is 0 Å². The second kappa shape index (κ2) is 3.81. The smallest absolute Gasteiger partial charge is 0.0791 e. The maximum atomic E-state index is 5.40. The van der Waals surface area contributed by atoms with Crippen LogP contribution in [0.25, 0.3) is 0 Å². The molecule has 56 valence electrons. The van der Waals surface area contributed by atoms with Crippen LogP contribution in [0.1, 0.15) is 6.42 Å². The van der Waals surface area contributed by atoms with Gasteiger partial charge in [0, 0.05) is 4.91 Å². The summed E-state index contributed by atoms with van der Waals surface area (Å²) in [6.45, 7) is 5.15. The second-order valence-corrected chi connectivity index (χ2v) is 2.80. The number of ether oxygens (including phenoxy) is 1. The van der Waals surface area contributed by atoms with Crippen molar-refractivity contribution in [1.82, 2.24) is 0 Å². The predicted octanol–water partition coefficient (Wildman–Crippen LogP) is 1.45. The Balaban J connectivity index is 2.72. The van der Waals surface area contributed by atoms with Crippen LogP contribution in [0.5, 0.6) is 0 Å². The number of rotatable bonds is 2. The summed E-state index contributed by atoms with van der Waals surface area (Å²) in [6, 6.07) is 0. The van der Waals surface area contributed by atoms with Crippen LogP contribution in [0, 0.1) is 0 Å². The van der Waals surface area contributed by atoms with E-state index in [0.717, 1.165) is 17.9 Å². The number of hydrogen-bond donors (Lipinski definition) is 1. The molecule has 0 atom stereocenters. The van der Waals surface area contributed by atoms with Crippen LogP contribution >= 0.6 is 11.9 Å². The first-order valence-electron chi connectivity index (χ1n) is 3.17. The summed E-state index contributed by atoms with van der Waals surface area (Å²) in [4.78, 5) is 1.11. The van der Waals surface area contributed by atoms with E-state index in [0.29, 0.717) is 6.61 Å². The fourth-order valence-electron chi connectivity index (χ4n) is 0.905. The third-order valence-electron chi connectivity index (χ3n) is 1.50. The lowest BCUT2D eigenvalue weighted by Gasteiger charge is -2.15. The molecule has 1 aliphatic heterocycles. The Morgan fingerprint density at radius 2 is 2.50 bits per heavy atom. The molecule has 1 heterocycles. The van der Waals surface area contributed by atoms with Crippen molar-refractivity contribution in [2.24, 2.45) is 5.14 Å². The minimum atomic E-state index is 0.655. The highest BCUT2D eigenvalue weighted by Gasteiger charge is 2.08. The van der Waals surface area contributed by atoms with E-state index >= 15 is 0 Å². The van der Waals surface area contributed by atoms with Crippen LogP contribution in [0.3, 0.4) is 0 Å². The van der Waals surface area contributed by atoms with E-state index in [1.54, 1.807) is 0 Å². The molecule has 0 aromatic rings. The Labute approximate surface area is 65.3 Å². The van der Waals surface area contributed by atoms with Crippen molar-refractivity contribution < 1.29 is 4.74 Å². The van der Waals surface area contributed by atoms with Crippen LogP contribution in [-0.2, 0) is 4.74 Å². The zero-order valence-corrected chi connectivity index (χ0v) is 6.62. The van der Waals surface area contributed by atoms with Gasteiger partial charge in [0.05, 0.1) is 13.2 Å². The molecule has 0 unspecified atom stereocenters. The Kier molecular flexibility index (Phi) is 2.99. The third kappa shape index (κ3) is 1.62. The average Bonchev–Trinajstić information content (AvgIpc) is 2.04. The van der Waals surface area contributed by atoms with Gasteiger partial charge in [-0.2, -0.15) is 0 Å². The van der Waals surface area contributed by atoms with E-state index in [1.807, 2.05) is 6.08 Å². The summed E-state index contributed by atoms with van der Waals surface area (Å²) < 4.78 is 5.20. The van der Waals surface area contributed by atoms with Gasteiger partial charge in [0.2, 0.25) is 0 Å². The maximum Gasteiger partial charge on any atom is 0.0791 e. The van der Waals surface area contributed by atoms with E-state index in [1.165, 1.54) is 17.5 Å². The summed E-state index contributed by atoms with van der Waals surface area (Å²) in [5.41, 5.74) is 1.23. The quantitative estimate of drug-likeness (QED) is 0.616. The standard InChI is InChI=1S/C7H11NOS/c1-2-6-3-4-9-5-7(6)10-8/h2H,1,3-5,8H2. The first-order chi connectivity index (χ1) is 4.88. The first kappa shape index (κ1) is 7.85. The van der Waals surface area contributed by atoms with Crippen LogP contribution < -0.4 is 5.14 Å². The third-order valence-corrected chi connectivity index (χ3v) is 2.16. The fourth-order valence-corrected chi connectivity index (χ4v) is 1.39. The summed E-state index contributed by atoms with van der Waals surface area (Å²) in [7, 11) is 0. The monoisotopic (exact) mass is 157 g/mol. The normalized spacial score (nSPS) is 19.3. The van der Waals surface area contributed by atoms with Crippen LogP contribution in [0.2, 0.25) is 0 Å². The lowest BCUT2D eigenvalue weighted by Crippen LogP contribution is -2.09. The molecule has 1 rings (SSSR count). The van der Waals surface area contributed by atoms with E-state index in [-0.39, 0.29) is 0 Å². The second-order valence-electron chi connectivity index (χ2n) is 2.07. The molecule has 0 aromatic carbocycles. The highest BCUT2D eigenvalue weighted by molar-refractivity contribution is 8.01. The zero-order valence-electron chi connectivity index (χ0n) is 5.80. The SMILES string of the molecule is C=CC1=C(SN)COCC1. The largest absolute Gasteiger partial charge is 0.376 e. The molecular weight excluding hydrogens is 146 g/mol.